The van der Waals surface area contributed by atoms with Crippen LogP contribution >= 0.6 is 0 Å². The molecule has 0 radical (unpaired) electrons. The van der Waals surface area contributed by atoms with Crippen LogP contribution in [-0.4, -0.2) is 51.5 Å². The molecule has 1 aliphatic heterocycles. The topological polar surface area (TPSA) is 100 Å². The van der Waals surface area contributed by atoms with Gasteiger partial charge in [0.2, 0.25) is 5.88 Å². The highest BCUT2D eigenvalue weighted by Crippen LogP contribution is 2.33. The molecule has 3 heterocycles. The van der Waals surface area contributed by atoms with Gasteiger partial charge in [-0.05, 0) is 38.9 Å². The van der Waals surface area contributed by atoms with Crippen molar-refractivity contribution in [2.24, 2.45) is 0 Å². The minimum Gasteiger partial charge on any atom is -0.474 e. The maximum absolute atomic E-state index is 12.8. The number of aryl methyl sites for hydroxylation is 1. The van der Waals surface area contributed by atoms with E-state index in [2.05, 4.69) is 20.3 Å². The zero-order valence-electron chi connectivity index (χ0n) is 15.9. The van der Waals surface area contributed by atoms with E-state index in [1.807, 2.05) is 0 Å². The lowest BCUT2D eigenvalue weighted by molar-refractivity contribution is -0.141. The lowest BCUT2D eigenvalue weighted by atomic mass is 9.85. The molecule has 3 N–H and O–H groups in total. The molecule has 0 amide bonds. The molecule has 158 valence electrons. The van der Waals surface area contributed by atoms with Gasteiger partial charge in [0.1, 0.15) is 23.7 Å². The van der Waals surface area contributed by atoms with Crippen molar-refractivity contribution in [3.05, 3.63) is 47.2 Å². The Labute approximate surface area is 166 Å². The van der Waals surface area contributed by atoms with Gasteiger partial charge >= 0.3 is 6.18 Å². The average Bonchev–Trinajstić information content (AvgIpc) is 2.72. The van der Waals surface area contributed by atoms with Crippen LogP contribution in [0.25, 0.3) is 0 Å². The molecule has 1 unspecified atom stereocenters. The van der Waals surface area contributed by atoms with Crippen molar-refractivity contribution in [1.82, 2.24) is 20.3 Å². The number of rotatable bonds is 6. The molecule has 7 nitrogen and oxygen atoms in total. The second-order valence-electron chi connectivity index (χ2n) is 7.08. The number of ether oxygens (including phenoxy) is 1. The first-order valence-corrected chi connectivity index (χ1v) is 9.28. The van der Waals surface area contributed by atoms with E-state index < -0.39 is 30.7 Å². The number of pyridine rings is 1. The fourth-order valence-corrected chi connectivity index (χ4v) is 3.31. The highest BCUT2D eigenvalue weighted by molar-refractivity contribution is 5.29. The monoisotopic (exact) mass is 412 g/mol. The molecule has 1 atom stereocenters. The molecule has 1 aliphatic rings. The standard InChI is InChI=1S/C19H23F3N4O3/c1-12-24-9-14(17(25-12)13-5-7-23-8-6-13)18(28,10-27)11-29-16-4-2-3-15(26-16)19(20,21)22/h2-4,9,13,23,27-28H,5-8,10-11H2,1H3. The summed E-state index contributed by atoms with van der Waals surface area (Å²) in [6.45, 7) is 2.12. The predicted octanol–water partition coefficient (Wildman–Crippen LogP) is 1.92. The van der Waals surface area contributed by atoms with Crippen molar-refractivity contribution in [2.45, 2.75) is 37.5 Å². The fourth-order valence-electron chi connectivity index (χ4n) is 3.31. The van der Waals surface area contributed by atoms with E-state index in [1.165, 1.54) is 18.3 Å². The van der Waals surface area contributed by atoms with Crippen molar-refractivity contribution < 1.29 is 28.1 Å². The molecule has 3 rings (SSSR count). The number of halogens is 3. The van der Waals surface area contributed by atoms with E-state index in [0.29, 0.717) is 17.1 Å². The Balaban J connectivity index is 1.86. The van der Waals surface area contributed by atoms with E-state index in [0.717, 1.165) is 32.0 Å². The lowest BCUT2D eigenvalue weighted by Crippen LogP contribution is -2.40. The Kier molecular flexibility index (Phi) is 6.35. The van der Waals surface area contributed by atoms with Crippen molar-refractivity contribution >= 4 is 0 Å². The van der Waals surface area contributed by atoms with Gasteiger partial charge in [0.05, 0.1) is 12.3 Å². The van der Waals surface area contributed by atoms with Crippen molar-refractivity contribution in [3.63, 3.8) is 0 Å². The van der Waals surface area contributed by atoms with Crippen molar-refractivity contribution in [1.29, 1.82) is 0 Å². The van der Waals surface area contributed by atoms with Crippen LogP contribution in [0, 0.1) is 6.92 Å². The maximum Gasteiger partial charge on any atom is 0.433 e. The SMILES string of the molecule is Cc1ncc(C(O)(CO)COc2cccc(C(F)(F)F)n2)c(C2CCNCC2)n1. The summed E-state index contributed by atoms with van der Waals surface area (Å²) in [6, 6.07) is 3.25. The molecule has 0 saturated carbocycles. The molecule has 0 aromatic carbocycles. The van der Waals surface area contributed by atoms with Crippen LogP contribution in [0.3, 0.4) is 0 Å². The molecule has 0 aliphatic carbocycles. The number of aliphatic hydroxyl groups excluding tert-OH is 1. The van der Waals surface area contributed by atoms with Crippen molar-refractivity contribution in [3.8, 4) is 5.88 Å². The van der Waals surface area contributed by atoms with Crippen LogP contribution in [0.5, 0.6) is 5.88 Å². The number of nitrogens with zero attached hydrogens (tertiary/aromatic N) is 3. The van der Waals surface area contributed by atoms with Gasteiger partial charge < -0.3 is 20.3 Å². The number of hydrogen-bond acceptors (Lipinski definition) is 7. The molecule has 0 bridgehead atoms. The van der Waals surface area contributed by atoms with Gasteiger partial charge in [-0.1, -0.05) is 6.07 Å². The summed E-state index contributed by atoms with van der Waals surface area (Å²) in [5.41, 5.74) is -2.05. The van der Waals surface area contributed by atoms with Crippen LogP contribution in [0.1, 0.15) is 41.5 Å². The number of aliphatic hydroxyl groups is 2. The van der Waals surface area contributed by atoms with Crippen LogP contribution in [0.15, 0.2) is 24.4 Å². The summed E-state index contributed by atoms with van der Waals surface area (Å²) in [5.74, 6) is 0.295. The zero-order valence-corrected chi connectivity index (χ0v) is 15.9. The minimum absolute atomic E-state index is 0.0673. The summed E-state index contributed by atoms with van der Waals surface area (Å²) in [7, 11) is 0. The van der Waals surface area contributed by atoms with E-state index in [9.17, 15) is 23.4 Å². The number of piperidine rings is 1. The third kappa shape index (κ3) is 5.01. The van der Waals surface area contributed by atoms with Crippen LogP contribution < -0.4 is 10.1 Å². The van der Waals surface area contributed by atoms with Gasteiger partial charge in [-0.25, -0.2) is 15.0 Å². The van der Waals surface area contributed by atoms with Gasteiger partial charge in [-0.15, -0.1) is 0 Å². The molecular formula is C19H23F3N4O3. The third-order valence-corrected chi connectivity index (χ3v) is 4.90. The molecular weight excluding hydrogens is 389 g/mol. The number of hydrogen-bond donors (Lipinski definition) is 3. The predicted molar refractivity (Wildman–Crippen MR) is 97.3 cm³/mol. The molecule has 0 spiro atoms. The lowest BCUT2D eigenvalue weighted by Gasteiger charge is -2.31. The summed E-state index contributed by atoms with van der Waals surface area (Å²) in [4.78, 5) is 12.0. The maximum atomic E-state index is 12.8. The van der Waals surface area contributed by atoms with Gasteiger partial charge in [0.15, 0.2) is 0 Å². The first kappa shape index (κ1) is 21.4. The van der Waals surface area contributed by atoms with Crippen LogP contribution in [-0.2, 0) is 11.8 Å². The van der Waals surface area contributed by atoms with E-state index in [4.69, 9.17) is 4.74 Å². The Bertz CT molecular complexity index is 844. The van der Waals surface area contributed by atoms with Gasteiger partial charge in [-0.2, -0.15) is 13.2 Å². The second kappa shape index (κ2) is 8.60. The fraction of sp³-hybridized carbons (Fsp3) is 0.526. The van der Waals surface area contributed by atoms with Crippen LogP contribution in [0.2, 0.25) is 0 Å². The number of aromatic nitrogens is 3. The number of nitrogens with one attached hydrogen (secondary N) is 1. The van der Waals surface area contributed by atoms with Gasteiger partial charge in [0.25, 0.3) is 0 Å². The summed E-state index contributed by atoms with van der Waals surface area (Å²) in [6.07, 6.45) is -1.56. The summed E-state index contributed by atoms with van der Waals surface area (Å²) in [5, 5.41) is 24.2. The van der Waals surface area contributed by atoms with E-state index >= 15 is 0 Å². The Morgan fingerprint density at radius 3 is 2.59 bits per heavy atom. The highest BCUT2D eigenvalue weighted by atomic mass is 19.4. The normalized spacial score (nSPS) is 17.7. The number of alkyl halides is 3. The molecule has 29 heavy (non-hydrogen) atoms. The molecule has 1 saturated heterocycles. The Morgan fingerprint density at radius 2 is 1.93 bits per heavy atom. The second-order valence-corrected chi connectivity index (χ2v) is 7.08. The molecule has 1 fully saturated rings. The average molecular weight is 412 g/mol. The first-order valence-electron chi connectivity index (χ1n) is 9.28. The van der Waals surface area contributed by atoms with Gasteiger partial charge in [-0.3, -0.25) is 0 Å². The summed E-state index contributed by atoms with van der Waals surface area (Å²) < 4.78 is 43.9. The zero-order chi connectivity index (χ0) is 21.1. The smallest absolute Gasteiger partial charge is 0.433 e. The van der Waals surface area contributed by atoms with E-state index in [-0.39, 0.29) is 11.8 Å². The quantitative estimate of drug-likeness (QED) is 0.667. The van der Waals surface area contributed by atoms with Gasteiger partial charge in [0, 0.05) is 23.7 Å². The van der Waals surface area contributed by atoms with Crippen molar-refractivity contribution in [2.75, 3.05) is 26.3 Å². The third-order valence-electron chi connectivity index (χ3n) is 4.90. The van der Waals surface area contributed by atoms with E-state index in [1.54, 1.807) is 6.92 Å². The van der Waals surface area contributed by atoms with Crippen LogP contribution in [0.4, 0.5) is 13.2 Å². The minimum atomic E-state index is -4.61. The first-order chi connectivity index (χ1) is 13.7. The molecule has 2 aromatic rings. The molecule has 2 aromatic heterocycles. The highest BCUT2D eigenvalue weighted by Gasteiger charge is 2.37. The Hall–Kier alpha value is -2.30. The molecule has 10 heteroatoms. The Morgan fingerprint density at radius 1 is 1.21 bits per heavy atom. The summed E-state index contributed by atoms with van der Waals surface area (Å²) >= 11 is 0. The largest absolute Gasteiger partial charge is 0.474 e.